The minimum Gasteiger partial charge on any atom is -0.426 e. The van der Waals surface area contributed by atoms with Gasteiger partial charge in [-0.1, -0.05) is 80.6 Å². The van der Waals surface area contributed by atoms with Gasteiger partial charge in [-0.05, 0) is 69.5 Å². The number of aliphatic hydroxyl groups is 2. The third-order valence-corrected chi connectivity index (χ3v) is 7.10. The number of rotatable bonds is 12. The van der Waals surface area contributed by atoms with Crippen molar-refractivity contribution in [2.45, 2.75) is 85.6 Å². The van der Waals surface area contributed by atoms with Crippen LogP contribution in [0, 0.1) is 5.92 Å². The van der Waals surface area contributed by atoms with Crippen molar-refractivity contribution >= 4 is 17.9 Å². The van der Waals surface area contributed by atoms with Crippen molar-refractivity contribution in [1.82, 2.24) is 4.90 Å². The zero-order chi connectivity index (χ0) is 32.8. The first-order chi connectivity index (χ1) is 20.8. The van der Waals surface area contributed by atoms with Crippen LogP contribution in [0.1, 0.15) is 89.2 Å². The van der Waals surface area contributed by atoms with E-state index in [2.05, 4.69) is 49.5 Å². The number of carbonyl (C=O) groups is 3. The quantitative estimate of drug-likeness (QED) is 0.143. The fourth-order valence-corrected chi connectivity index (χ4v) is 4.83. The Hall–Kier alpha value is -3.85. The highest BCUT2D eigenvalue weighted by Crippen LogP contribution is 2.36. The van der Waals surface area contributed by atoms with Gasteiger partial charge in [-0.15, -0.1) is 0 Å². The van der Waals surface area contributed by atoms with Crippen molar-refractivity contribution in [2.75, 3.05) is 6.54 Å². The van der Waals surface area contributed by atoms with Gasteiger partial charge < -0.3 is 19.7 Å². The SMILES string of the molecule is CC(=O)OC(=O)C(O)c1ccccc1.CC(C)C(=O)Oc1ccc(CO)cc1[C@H](CCN(C(C)C)C(C)C)c1ccccc1. The second-order valence-corrected chi connectivity index (χ2v) is 11.5. The Morgan fingerprint density at radius 2 is 1.32 bits per heavy atom. The van der Waals surface area contributed by atoms with Crippen LogP contribution in [0.2, 0.25) is 0 Å². The lowest BCUT2D eigenvalue weighted by atomic mass is 9.86. The molecule has 44 heavy (non-hydrogen) atoms. The van der Waals surface area contributed by atoms with Gasteiger partial charge in [0.05, 0.1) is 12.5 Å². The molecule has 0 radical (unpaired) electrons. The highest BCUT2D eigenvalue weighted by Gasteiger charge is 2.24. The summed E-state index contributed by atoms with van der Waals surface area (Å²) in [5.41, 5.74) is 3.36. The second kappa shape index (κ2) is 18.1. The average molecular weight is 606 g/mol. The molecule has 0 saturated carbocycles. The maximum absolute atomic E-state index is 12.3. The van der Waals surface area contributed by atoms with Gasteiger partial charge in [0.1, 0.15) is 5.75 Å². The van der Waals surface area contributed by atoms with Crippen LogP contribution >= 0.6 is 0 Å². The van der Waals surface area contributed by atoms with Crippen LogP contribution < -0.4 is 4.74 Å². The van der Waals surface area contributed by atoms with Gasteiger partial charge in [0.25, 0.3) is 0 Å². The fraction of sp³-hybridized carbons (Fsp3) is 0.417. The Morgan fingerprint density at radius 3 is 1.80 bits per heavy atom. The molecule has 0 saturated heterocycles. The minimum absolute atomic E-state index is 0.0446. The van der Waals surface area contributed by atoms with Crippen molar-refractivity contribution in [3.63, 3.8) is 0 Å². The number of hydrogen-bond donors (Lipinski definition) is 2. The molecule has 2 atom stereocenters. The molecule has 238 valence electrons. The number of carbonyl (C=O) groups excluding carboxylic acids is 3. The van der Waals surface area contributed by atoms with Crippen LogP contribution in [0.3, 0.4) is 0 Å². The predicted octanol–water partition coefficient (Wildman–Crippen LogP) is 6.19. The van der Waals surface area contributed by atoms with E-state index in [0.717, 1.165) is 31.0 Å². The lowest BCUT2D eigenvalue weighted by Crippen LogP contribution is -2.38. The zero-order valence-electron chi connectivity index (χ0n) is 26.9. The van der Waals surface area contributed by atoms with E-state index in [-0.39, 0.29) is 24.4 Å². The smallest absolute Gasteiger partial charge is 0.347 e. The molecular weight excluding hydrogens is 558 g/mol. The van der Waals surface area contributed by atoms with Gasteiger partial charge in [0, 0.05) is 30.5 Å². The first-order valence-corrected chi connectivity index (χ1v) is 15.1. The normalized spacial score (nSPS) is 12.5. The number of nitrogens with zero attached hydrogens (tertiary/aromatic N) is 1. The third-order valence-electron chi connectivity index (χ3n) is 7.10. The molecule has 0 aliphatic rings. The van der Waals surface area contributed by atoms with E-state index in [9.17, 15) is 24.6 Å². The summed E-state index contributed by atoms with van der Waals surface area (Å²) in [7, 11) is 0. The molecule has 8 nitrogen and oxygen atoms in total. The van der Waals surface area contributed by atoms with E-state index < -0.39 is 18.0 Å². The van der Waals surface area contributed by atoms with E-state index in [1.807, 2.05) is 50.2 Å². The number of hydrogen-bond acceptors (Lipinski definition) is 8. The molecule has 0 spiro atoms. The van der Waals surface area contributed by atoms with Crippen LogP contribution in [0.15, 0.2) is 78.9 Å². The molecule has 0 aliphatic carbocycles. The number of benzene rings is 3. The first-order valence-electron chi connectivity index (χ1n) is 15.1. The Balaban J connectivity index is 0.000000402. The van der Waals surface area contributed by atoms with E-state index in [1.165, 1.54) is 5.56 Å². The largest absolute Gasteiger partial charge is 0.426 e. The van der Waals surface area contributed by atoms with Gasteiger partial charge in [0.15, 0.2) is 6.10 Å². The zero-order valence-corrected chi connectivity index (χ0v) is 26.9. The molecule has 3 aromatic rings. The molecule has 3 aromatic carbocycles. The topological polar surface area (TPSA) is 113 Å². The van der Waals surface area contributed by atoms with Gasteiger partial charge >= 0.3 is 17.9 Å². The summed E-state index contributed by atoms with van der Waals surface area (Å²) in [5.74, 6) is -1.49. The number of aliphatic hydroxyl groups excluding tert-OH is 2. The van der Waals surface area contributed by atoms with Crippen LogP contribution in [0.4, 0.5) is 0 Å². The predicted molar refractivity (Wildman–Crippen MR) is 171 cm³/mol. The standard InChI is InChI=1S/C26H37NO3.C10H10O4/c1-18(2)26(29)30-25-13-12-21(17-28)16-24(25)23(22-10-8-7-9-11-22)14-15-27(19(3)4)20(5)6;1-7(11)14-10(13)9(12)8-5-3-2-4-6-8/h7-13,16,18-20,23,28H,14-15,17H2,1-6H3;2-6,9,12H,1H3/t23-;/m1./s1. The minimum atomic E-state index is -1.40. The number of ether oxygens (including phenoxy) is 2. The molecule has 0 aliphatic heterocycles. The van der Waals surface area contributed by atoms with E-state index in [4.69, 9.17) is 4.74 Å². The van der Waals surface area contributed by atoms with Gasteiger partial charge in [-0.2, -0.15) is 0 Å². The van der Waals surface area contributed by atoms with Crippen molar-refractivity contribution in [2.24, 2.45) is 5.92 Å². The Morgan fingerprint density at radius 1 is 0.773 bits per heavy atom. The van der Waals surface area contributed by atoms with Gasteiger partial charge in [-0.3, -0.25) is 14.5 Å². The van der Waals surface area contributed by atoms with Crippen LogP contribution in [0.25, 0.3) is 0 Å². The highest BCUT2D eigenvalue weighted by atomic mass is 16.6. The Bertz CT molecular complexity index is 1310. The molecular formula is C36H47NO7. The highest BCUT2D eigenvalue weighted by molar-refractivity contribution is 5.87. The molecule has 8 heteroatoms. The van der Waals surface area contributed by atoms with E-state index in [1.54, 1.807) is 30.3 Å². The summed E-state index contributed by atoms with van der Waals surface area (Å²) in [4.78, 5) is 36.3. The molecule has 0 aromatic heterocycles. The van der Waals surface area contributed by atoms with E-state index >= 15 is 0 Å². The maximum atomic E-state index is 12.3. The van der Waals surface area contributed by atoms with Crippen molar-refractivity contribution < 1.29 is 34.1 Å². The monoisotopic (exact) mass is 605 g/mol. The summed E-state index contributed by atoms with van der Waals surface area (Å²) >= 11 is 0. The molecule has 1 unspecified atom stereocenters. The Labute approximate surface area is 261 Å². The van der Waals surface area contributed by atoms with Crippen molar-refractivity contribution in [3.05, 3.63) is 101 Å². The summed E-state index contributed by atoms with van der Waals surface area (Å²) in [5, 5.41) is 19.1. The first kappa shape index (κ1) is 36.3. The van der Waals surface area contributed by atoms with Gasteiger partial charge in [-0.25, -0.2) is 4.79 Å². The van der Waals surface area contributed by atoms with Crippen molar-refractivity contribution in [3.8, 4) is 5.75 Å². The second-order valence-electron chi connectivity index (χ2n) is 11.5. The molecule has 0 fully saturated rings. The Kier molecular flexibility index (Phi) is 14.9. The fourth-order valence-electron chi connectivity index (χ4n) is 4.83. The molecule has 3 rings (SSSR count). The summed E-state index contributed by atoms with van der Waals surface area (Å²) in [6, 6.07) is 25.1. The van der Waals surface area contributed by atoms with Crippen LogP contribution in [-0.4, -0.2) is 51.6 Å². The average Bonchev–Trinajstić information content (AvgIpc) is 2.99. The maximum Gasteiger partial charge on any atom is 0.347 e. The van der Waals surface area contributed by atoms with Crippen molar-refractivity contribution in [1.29, 1.82) is 0 Å². The van der Waals surface area contributed by atoms with Gasteiger partial charge in [0.2, 0.25) is 0 Å². The summed E-state index contributed by atoms with van der Waals surface area (Å²) < 4.78 is 10.0. The van der Waals surface area contributed by atoms with Crippen LogP contribution in [0.5, 0.6) is 5.75 Å². The lowest BCUT2D eigenvalue weighted by Gasteiger charge is -2.32. The molecule has 0 amide bonds. The summed E-state index contributed by atoms with van der Waals surface area (Å²) in [6.45, 7) is 14.5. The third kappa shape index (κ3) is 11.3. The molecule has 2 N–H and O–H groups in total. The molecule has 0 bridgehead atoms. The summed E-state index contributed by atoms with van der Waals surface area (Å²) in [6.07, 6.45) is -0.512. The van der Waals surface area contributed by atoms with Crippen LogP contribution in [-0.2, 0) is 25.7 Å². The molecule has 0 heterocycles. The number of esters is 3. The lowest BCUT2D eigenvalue weighted by molar-refractivity contribution is -0.164. The van der Waals surface area contributed by atoms with E-state index in [0.29, 0.717) is 23.4 Å².